The van der Waals surface area contributed by atoms with Crippen LogP contribution in [-0.4, -0.2) is 34.2 Å². The number of allylic oxidation sites excluding steroid dienone is 1. The highest BCUT2D eigenvalue weighted by Gasteiger charge is 2.53. The zero-order valence-electron chi connectivity index (χ0n) is 16.4. The van der Waals surface area contributed by atoms with E-state index in [4.69, 9.17) is 9.47 Å². The maximum atomic E-state index is 12.6. The Hall–Kier alpha value is -1.10. The third kappa shape index (κ3) is 4.10. The molecule has 1 saturated carbocycles. The molecule has 0 spiro atoms. The van der Waals surface area contributed by atoms with Crippen molar-refractivity contribution in [3.8, 4) is 0 Å². The van der Waals surface area contributed by atoms with E-state index in [0.29, 0.717) is 6.42 Å². The Morgan fingerprint density at radius 3 is 2.04 bits per heavy atom. The zero-order valence-corrected chi connectivity index (χ0v) is 17.4. The van der Waals surface area contributed by atoms with Crippen LogP contribution in [-0.2, 0) is 19.1 Å². The van der Waals surface area contributed by atoms with Crippen molar-refractivity contribution in [2.75, 3.05) is 14.2 Å². The minimum atomic E-state index is -1.64. The molecule has 24 heavy (non-hydrogen) atoms. The molecule has 0 saturated heterocycles. The molecule has 1 fully saturated rings. The summed E-state index contributed by atoms with van der Waals surface area (Å²) in [5.74, 6) is -1.07. The van der Waals surface area contributed by atoms with Gasteiger partial charge in [-0.15, -0.1) is 0 Å². The number of hydrogen-bond acceptors (Lipinski definition) is 4. The minimum absolute atomic E-state index is 0.158. The van der Waals surface area contributed by atoms with Gasteiger partial charge < -0.3 is 9.47 Å². The Morgan fingerprint density at radius 1 is 1.04 bits per heavy atom. The second-order valence-corrected chi connectivity index (χ2v) is 13.8. The fourth-order valence-electron chi connectivity index (χ4n) is 3.20. The second-order valence-electron chi connectivity index (χ2n) is 8.49. The predicted octanol–water partition coefficient (Wildman–Crippen LogP) is 4.50. The van der Waals surface area contributed by atoms with Crippen molar-refractivity contribution in [2.24, 2.45) is 11.3 Å². The van der Waals surface area contributed by atoms with Gasteiger partial charge in [-0.3, -0.25) is 9.59 Å². The molecule has 4 nitrogen and oxygen atoms in total. The Kier molecular flexibility index (Phi) is 6.85. The van der Waals surface area contributed by atoms with E-state index in [2.05, 4.69) is 45.6 Å². The molecule has 138 valence electrons. The van der Waals surface area contributed by atoms with Gasteiger partial charge in [-0.2, -0.15) is 0 Å². The molecule has 0 N–H and O–H groups in total. The Balaban J connectivity index is 3.32. The third-order valence-electron chi connectivity index (χ3n) is 6.00. The smallest absolute Gasteiger partial charge is 0.323 e. The first-order chi connectivity index (χ1) is 11.0. The predicted molar refractivity (Wildman–Crippen MR) is 99.4 cm³/mol. The summed E-state index contributed by atoms with van der Waals surface area (Å²) >= 11 is 0. The van der Waals surface area contributed by atoms with Crippen LogP contribution in [0, 0.1) is 11.3 Å². The van der Waals surface area contributed by atoms with Gasteiger partial charge in [0.2, 0.25) is 0 Å². The standard InChI is InChI=1S/C19H34O4Si/c1-18(2,3)24(6,7)14-12-15-11-9-8-10-13-19(15,16(20)22-4)17(21)23-5/h12,14-15H,8-11,13H2,1-7H3/b14-12+/t15-/m0/s1. The van der Waals surface area contributed by atoms with E-state index in [1.807, 2.05) is 0 Å². The highest BCUT2D eigenvalue weighted by atomic mass is 28.3. The maximum Gasteiger partial charge on any atom is 0.323 e. The fraction of sp³-hybridized carbons (Fsp3) is 0.789. The van der Waals surface area contributed by atoms with Crippen molar-refractivity contribution in [1.29, 1.82) is 0 Å². The van der Waals surface area contributed by atoms with Gasteiger partial charge in [0.25, 0.3) is 0 Å². The number of hydrogen-bond donors (Lipinski definition) is 0. The van der Waals surface area contributed by atoms with Gasteiger partial charge in [0.05, 0.1) is 22.3 Å². The number of esters is 2. The first-order valence-electron chi connectivity index (χ1n) is 8.89. The van der Waals surface area contributed by atoms with Crippen molar-refractivity contribution < 1.29 is 19.1 Å². The van der Waals surface area contributed by atoms with E-state index < -0.39 is 25.4 Å². The molecular weight excluding hydrogens is 320 g/mol. The largest absolute Gasteiger partial charge is 0.468 e. The van der Waals surface area contributed by atoms with Gasteiger partial charge in [0, 0.05) is 5.92 Å². The van der Waals surface area contributed by atoms with Crippen LogP contribution in [0.1, 0.15) is 52.9 Å². The van der Waals surface area contributed by atoms with Crippen LogP contribution in [0.3, 0.4) is 0 Å². The normalized spacial score (nSPS) is 22.0. The van der Waals surface area contributed by atoms with E-state index in [-0.39, 0.29) is 11.0 Å². The zero-order chi connectivity index (χ0) is 18.6. The average Bonchev–Trinajstić information content (AvgIpc) is 2.73. The summed E-state index contributed by atoms with van der Waals surface area (Å²) in [7, 11) is 1.06. The third-order valence-corrected chi connectivity index (χ3v) is 10.9. The first-order valence-corrected chi connectivity index (χ1v) is 12.0. The molecule has 5 heteroatoms. The summed E-state index contributed by atoms with van der Waals surface area (Å²) in [6.45, 7) is 11.4. The van der Waals surface area contributed by atoms with Crippen LogP contribution < -0.4 is 0 Å². The summed E-state index contributed by atoms with van der Waals surface area (Å²) in [6, 6.07) is 0. The first kappa shape index (κ1) is 20.9. The molecule has 0 amide bonds. The Bertz CT molecular complexity index is 472. The molecule has 1 aliphatic rings. The number of methoxy groups -OCH3 is 2. The second kappa shape index (κ2) is 7.85. The van der Waals surface area contributed by atoms with Crippen LogP contribution in [0.4, 0.5) is 0 Å². The number of ether oxygens (including phenoxy) is 2. The van der Waals surface area contributed by atoms with Crippen LogP contribution in [0.25, 0.3) is 0 Å². The molecule has 0 heterocycles. The lowest BCUT2D eigenvalue weighted by Crippen LogP contribution is -2.46. The van der Waals surface area contributed by atoms with Crippen molar-refractivity contribution in [3.63, 3.8) is 0 Å². The number of rotatable bonds is 4. The van der Waals surface area contributed by atoms with E-state index in [9.17, 15) is 9.59 Å². The van der Waals surface area contributed by atoms with E-state index in [1.165, 1.54) is 14.2 Å². The van der Waals surface area contributed by atoms with Crippen molar-refractivity contribution >= 4 is 20.0 Å². The van der Waals surface area contributed by atoms with E-state index >= 15 is 0 Å². The van der Waals surface area contributed by atoms with Gasteiger partial charge in [0.15, 0.2) is 5.41 Å². The van der Waals surface area contributed by atoms with Gasteiger partial charge >= 0.3 is 11.9 Å². The van der Waals surface area contributed by atoms with Gasteiger partial charge in [-0.25, -0.2) is 0 Å². The van der Waals surface area contributed by atoms with E-state index in [0.717, 1.165) is 25.7 Å². The molecule has 1 atom stereocenters. The monoisotopic (exact) mass is 354 g/mol. The summed E-state index contributed by atoms with van der Waals surface area (Å²) in [5.41, 5.74) is 1.10. The maximum absolute atomic E-state index is 12.6. The van der Waals surface area contributed by atoms with Crippen LogP contribution in [0.2, 0.25) is 18.1 Å². The molecule has 0 aromatic carbocycles. The summed E-state index contributed by atoms with van der Waals surface area (Å²) in [5, 5.41) is 0.216. The topological polar surface area (TPSA) is 52.6 Å². The fourth-order valence-corrected chi connectivity index (χ4v) is 4.41. The molecule has 0 aromatic heterocycles. The molecule has 0 radical (unpaired) electrons. The molecule has 0 bridgehead atoms. The average molecular weight is 355 g/mol. The summed E-state index contributed by atoms with van der Waals surface area (Å²) in [4.78, 5) is 25.3. The number of carbonyl (C=O) groups excluding carboxylic acids is 2. The van der Waals surface area contributed by atoms with Crippen LogP contribution in [0.5, 0.6) is 0 Å². The van der Waals surface area contributed by atoms with E-state index in [1.54, 1.807) is 0 Å². The highest BCUT2D eigenvalue weighted by Crippen LogP contribution is 2.44. The van der Waals surface area contributed by atoms with Crippen molar-refractivity contribution in [3.05, 3.63) is 11.8 Å². The number of carbonyl (C=O) groups is 2. The quantitative estimate of drug-likeness (QED) is 0.323. The molecule has 1 aliphatic carbocycles. The molecule has 0 aromatic rings. The molecule has 1 rings (SSSR count). The molecule has 0 aliphatic heterocycles. The lowest BCUT2D eigenvalue weighted by Gasteiger charge is -2.36. The SMILES string of the molecule is COC(=O)C1(C(=O)OC)CCCCC[C@H]1/C=C/[Si](C)(C)C(C)(C)C. The van der Waals surface area contributed by atoms with Crippen molar-refractivity contribution in [2.45, 2.75) is 71.0 Å². The van der Waals surface area contributed by atoms with Gasteiger partial charge in [0.1, 0.15) is 0 Å². The lowest BCUT2D eigenvalue weighted by atomic mass is 9.71. The van der Waals surface area contributed by atoms with Crippen LogP contribution >= 0.6 is 0 Å². The highest BCUT2D eigenvalue weighted by molar-refractivity contribution is 6.84. The van der Waals surface area contributed by atoms with Crippen molar-refractivity contribution in [1.82, 2.24) is 0 Å². The van der Waals surface area contributed by atoms with Gasteiger partial charge in [-0.05, 0) is 17.9 Å². The van der Waals surface area contributed by atoms with Gasteiger partial charge in [-0.1, -0.05) is 64.9 Å². The minimum Gasteiger partial charge on any atom is -0.468 e. The Morgan fingerprint density at radius 2 is 1.58 bits per heavy atom. The summed E-state index contributed by atoms with van der Waals surface area (Å²) < 4.78 is 10.1. The summed E-state index contributed by atoms with van der Waals surface area (Å²) in [6.07, 6.45) is 6.32. The molecule has 0 unspecified atom stereocenters. The van der Waals surface area contributed by atoms with Crippen LogP contribution in [0.15, 0.2) is 11.8 Å². The Labute approximate surface area is 148 Å². The lowest BCUT2D eigenvalue weighted by molar-refractivity contribution is -0.173. The molecular formula is C19H34O4Si.